The molecule has 0 saturated carbocycles. The van der Waals surface area contributed by atoms with Gasteiger partial charge in [0.2, 0.25) is 0 Å². The largest absolute Gasteiger partial charge is 0.508 e. The lowest BCUT2D eigenvalue weighted by atomic mass is 9.82. The van der Waals surface area contributed by atoms with E-state index in [2.05, 4.69) is 44.3 Å². The van der Waals surface area contributed by atoms with Gasteiger partial charge in [0.05, 0.1) is 6.04 Å². The number of rotatable bonds is 1. The highest BCUT2D eigenvalue weighted by Gasteiger charge is 2.43. The Bertz CT molecular complexity index is 766. The Balaban J connectivity index is 1.77. The molecule has 4 heteroatoms. The molecule has 2 aliphatic rings. The van der Waals surface area contributed by atoms with Gasteiger partial charge in [0.25, 0.3) is 0 Å². The van der Waals surface area contributed by atoms with Gasteiger partial charge in [-0.2, -0.15) is 0 Å². The van der Waals surface area contributed by atoms with Crippen LogP contribution in [0.2, 0.25) is 0 Å². The first-order valence-corrected chi connectivity index (χ1v) is 8.36. The lowest BCUT2D eigenvalue weighted by Gasteiger charge is -2.36. The zero-order chi connectivity index (χ0) is 16.9. The van der Waals surface area contributed by atoms with Gasteiger partial charge in [-0.05, 0) is 34.7 Å². The second-order valence-electron chi connectivity index (χ2n) is 7.61. The summed E-state index contributed by atoms with van der Waals surface area (Å²) >= 11 is 0. The molecule has 0 aliphatic carbocycles. The molecular weight excluding hydrogens is 302 g/mol. The SMILES string of the molecule is CC(C)(C)c1ccc2c(c1)C1OCOC1[C@@H](c1cccc(O)c1)N2. The molecule has 126 valence electrons. The molecule has 2 aromatic rings. The van der Waals surface area contributed by atoms with Crippen molar-refractivity contribution in [2.24, 2.45) is 0 Å². The van der Waals surface area contributed by atoms with Crippen LogP contribution in [-0.2, 0) is 14.9 Å². The lowest BCUT2D eigenvalue weighted by Crippen LogP contribution is -2.34. The highest BCUT2D eigenvalue weighted by molar-refractivity contribution is 5.59. The van der Waals surface area contributed by atoms with E-state index in [0.717, 1.165) is 16.8 Å². The van der Waals surface area contributed by atoms with Crippen molar-refractivity contribution in [2.75, 3.05) is 12.1 Å². The van der Waals surface area contributed by atoms with Crippen LogP contribution in [-0.4, -0.2) is 18.0 Å². The Morgan fingerprint density at radius 2 is 1.92 bits per heavy atom. The van der Waals surface area contributed by atoms with Gasteiger partial charge in [0.1, 0.15) is 24.8 Å². The fourth-order valence-electron chi connectivity index (χ4n) is 3.55. The van der Waals surface area contributed by atoms with Crippen molar-refractivity contribution >= 4 is 5.69 Å². The second-order valence-corrected chi connectivity index (χ2v) is 7.61. The van der Waals surface area contributed by atoms with E-state index in [1.807, 2.05) is 12.1 Å². The zero-order valence-electron chi connectivity index (χ0n) is 14.2. The van der Waals surface area contributed by atoms with Gasteiger partial charge in [-0.3, -0.25) is 0 Å². The van der Waals surface area contributed by atoms with Crippen molar-refractivity contribution in [3.8, 4) is 5.75 Å². The summed E-state index contributed by atoms with van der Waals surface area (Å²) in [5.41, 5.74) is 4.60. The van der Waals surface area contributed by atoms with Crippen LogP contribution in [0.25, 0.3) is 0 Å². The second kappa shape index (κ2) is 5.50. The van der Waals surface area contributed by atoms with Crippen molar-refractivity contribution in [3.05, 3.63) is 59.2 Å². The maximum atomic E-state index is 9.81. The Kier molecular flexibility index (Phi) is 3.55. The summed E-state index contributed by atoms with van der Waals surface area (Å²) in [5, 5.41) is 13.4. The lowest BCUT2D eigenvalue weighted by molar-refractivity contribution is 0.0367. The van der Waals surface area contributed by atoms with Crippen LogP contribution in [0.3, 0.4) is 0 Å². The minimum absolute atomic E-state index is 0.0439. The maximum Gasteiger partial charge on any atom is 0.148 e. The molecule has 3 atom stereocenters. The molecule has 2 aliphatic heterocycles. The Morgan fingerprint density at radius 1 is 1.08 bits per heavy atom. The number of phenolic OH excluding ortho intramolecular Hbond substituents is 1. The van der Waals surface area contributed by atoms with E-state index in [0.29, 0.717) is 6.79 Å². The number of nitrogens with one attached hydrogen (secondary N) is 1. The number of hydrogen-bond donors (Lipinski definition) is 2. The predicted molar refractivity (Wildman–Crippen MR) is 93.2 cm³/mol. The molecule has 24 heavy (non-hydrogen) atoms. The van der Waals surface area contributed by atoms with Crippen molar-refractivity contribution in [2.45, 2.75) is 44.4 Å². The van der Waals surface area contributed by atoms with Crippen LogP contribution in [0.15, 0.2) is 42.5 Å². The molecule has 0 radical (unpaired) electrons. The number of hydrogen-bond acceptors (Lipinski definition) is 4. The predicted octanol–water partition coefficient (Wildman–Crippen LogP) is 4.27. The summed E-state index contributed by atoms with van der Waals surface area (Å²) in [6.45, 7) is 6.93. The highest BCUT2D eigenvalue weighted by Crippen LogP contribution is 2.46. The fourth-order valence-corrected chi connectivity index (χ4v) is 3.55. The van der Waals surface area contributed by atoms with Crippen LogP contribution >= 0.6 is 0 Å². The molecule has 0 spiro atoms. The maximum absolute atomic E-state index is 9.81. The average Bonchev–Trinajstić information content (AvgIpc) is 3.02. The van der Waals surface area contributed by atoms with Crippen LogP contribution in [0.4, 0.5) is 5.69 Å². The molecule has 2 heterocycles. The van der Waals surface area contributed by atoms with Crippen LogP contribution in [0.1, 0.15) is 49.6 Å². The molecule has 4 nitrogen and oxygen atoms in total. The van der Waals surface area contributed by atoms with E-state index in [-0.39, 0.29) is 29.4 Å². The Labute approximate surface area is 142 Å². The van der Waals surface area contributed by atoms with Crippen molar-refractivity contribution < 1.29 is 14.6 Å². The van der Waals surface area contributed by atoms with E-state index in [9.17, 15) is 5.11 Å². The summed E-state index contributed by atoms with van der Waals surface area (Å²) in [4.78, 5) is 0. The molecule has 2 unspecified atom stereocenters. The number of phenols is 1. The molecule has 2 aromatic carbocycles. The molecule has 2 N–H and O–H groups in total. The molecule has 1 saturated heterocycles. The third-order valence-electron chi connectivity index (χ3n) is 4.90. The Hall–Kier alpha value is -2.04. The summed E-state index contributed by atoms with van der Waals surface area (Å²) in [5.74, 6) is 0.263. The van der Waals surface area contributed by atoms with E-state index in [1.165, 1.54) is 5.56 Å². The minimum Gasteiger partial charge on any atom is -0.508 e. The normalized spacial score (nSPS) is 25.7. The highest BCUT2D eigenvalue weighted by atomic mass is 16.7. The summed E-state index contributed by atoms with van der Waals surface area (Å²) < 4.78 is 11.8. The molecule has 0 aromatic heterocycles. The summed E-state index contributed by atoms with van der Waals surface area (Å²) in [6.07, 6.45) is -0.189. The van der Waals surface area contributed by atoms with Gasteiger partial charge in [-0.25, -0.2) is 0 Å². The number of benzene rings is 2. The molecular formula is C20H23NO3. The molecule has 0 amide bonds. The third kappa shape index (κ3) is 2.56. The summed E-state index contributed by atoms with van der Waals surface area (Å²) in [6, 6.07) is 13.8. The van der Waals surface area contributed by atoms with Gasteiger partial charge in [-0.1, -0.05) is 45.0 Å². The van der Waals surface area contributed by atoms with E-state index in [1.54, 1.807) is 12.1 Å². The summed E-state index contributed by atoms with van der Waals surface area (Å²) in [7, 11) is 0. The molecule has 4 rings (SSSR count). The topological polar surface area (TPSA) is 50.7 Å². The number of aromatic hydroxyl groups is 1. The zero-order valence-corrected chi connectivity index (χ0v) is 14.2. The number of anilines is 1. The first-order chi connectivity index (χ1) is 11.4. The van der Waals surface area contributed by atoms with Crippen LogP contribution in [0.5, 0.6) is 5.75 Å². The standard InChI is InChI=1S/C20H23NO3/c1-20(2,3)13-7-8-16-15(10-13)18-19(24-11-23-18)17(21-16)12-5-4-6-14(22)9-12/h4-10,17-19,21-22H,11H2,1-3H3/t17-,18?,19?/m1/s1. The van der Waals surface area contributed by atoms with Crippen molar-refractivity contribution in [3.63, 3.8) is 0 Å². The number of fused-ring (bicyclic) bond motifs is 3. The smallest absolute Gasteiger partial charge is 0.148 e. The third-order valence-corrected chi connectivity index (χ3v) is 4.90. The van der Waals surface area contributed by atoms with E-state index in [4.69, 9.17) is 9.47 Å². The van der Waals surface area contributed by atoms with E-state index >= 15 is 0 Å². The average molecular weight is 325 g/mol. The van der Waals surface area contributed by atoms with Crippen molar-refractivity contribution in [1.29, 1.82) is 0 Å². The van der Waals surface area contributed by atoms with E-state index < -0.39 is 0 Å². The quantitative estimate of drug-likeness (QED) is 0.822. The first-order valence-electron chi connectivity index (χ1n) is 8.36. The number of ether oxygens (including phenoxy) is 2. The first kappa shape index (κ1) is 15.5. The minimum atomic E-state index is -0.102. The van der Waals surface area contributed by atoms with Crippen molar-refractivity contribution in [1.82, 2.24) is 0 Å². The van der Waals surface area contributed by atoms with Gasteiger partial charge in [-0.15, -0.1) is 0 Å². The molecule has 0 bridgehead atoms. The van der Waals surface area contributed by atoms with Gasteiger partial charge in [0, 0.05) is 11.3 Å². The van der Waals surface area contributed by atoms with Gasteiger partial charge < -0.3 is 19.9 Å². The van der Waals surface area contributed by atoms with Crippen LogP contribution < -0.4 is 5.32 Å². The Morgan fingerprint density at radius 3 is 2.67 bits per heavy atom. The van der Waals surface area contributed by atoms with Crippen LogP contribution in [0, 0.1) is 0 Å². The molecule has 1 fully saturated rings. The van der Waals surface area contributed by atoms with Gasteiger partial charge >= 0.3 is 0 Å². The fraction of sp³-hybridized carbons (Fsp3) is 0.400. The van der Waals surface area contributed by atoms with Gasteiger partial charge in [0.15, 0.2) is 0 Å². The monoisotopic (exact) mass is 325 g/mol.